The van der Waals surface area contributed by atoms with Crippen LogP contribution in [0.2, 0.25) is 0 Å². The summed E-state index contributed by atoms with van der Waals surface area (Å²) < 4.78 is 15.1. The second-order valence-corrected chi connectivity index (χ2v) is 7.46. The third kappa shape index (κ3) is 4.78. The zero-order valence-electron chi connectivity index (χ0n) is 17.6. The van der Waals surface area contributed by atoms with Gasteiger partial charge in [0.25, 0.3) is 5.91 Å². The second kappa shape index (κ2) is 10.1. The zero-order chi connectivity index (χ0) is 23.3. The van der Waals surface area contributed by atoms with Crippen molar-refractivity contribution in [2.24, 2.45) is 0 Å². The van der Waals surface area contributed by atoms with Gasteiger partial charge in [-0.15, -0.1) is 11.3 Å². The first-order valence-corrected chi connectivity index (χ1v) is 10.6. The van der Waals surface area contributed by atoms with Crippen molar-refractivity contribution in [3.05, 3.63) is 46.0 Å². The number of amides is 1. The van der Waals surface area contributed by atoms with Crippen LogP contribution < -0.4 is 5.32 Å². The summed E-state index contributed by atoms with van der Waals surface area (Å²) in [5, 5.41) is 9.82. The molecule has 0 spiro atoms. The number of nitrogens with zero attached hydrogens (tertiary/aromatic N) is 1. The summed E-state index contributed by atoms with van der Waals surface area (Å²) in [7, 11) is 0. The molecule has 32 heavy (non-hydrogen) atoms. The van der Waals surface area contributed by atoms with Crippen LogP contribution in [0, 0.1) is 6.92 Å². The van der Waals surface area contributed by atoms with Gasteiger partial charge in [-0.2, -0.15) is 5.10 Å². The predicted octanol–water partition coefficient (Wildman–Crippen LogP) is 3.08. The maximum Gasteiger partial charge on any atom is 0.359 e. The number of aromatic nitrogens is 2. The SMILES string of the molecule is CCOC(=O)c1sc(NC(=O)COC(=O)c2n[nH]c3ccccc23)c(C(=O)OCC)c1C. The van der Waals surface area contributed by atoms with Gasteiger partial charge in [-0.3, -0.25) is 9.89 Å². The van der Waals surface area contributed by atoms with Gasteiger partial charge in [0.15, 0.2) is 12.3 Å². The first-order valence-electron chi connectivity index (χ1n) is 9.75. The molecule has 0 aliphatic carbocycles. The molecule has 2 N–H and O–H groups in total. The summed E-state index contributed by atoms with van der Waals surface area (Å²) in [6, 6.07) is 6.99. The van der Waals surface area contributed by atoms with E-state index >= 15 is 0 Å². The molecule has 1 amide bonds. The Labute approximate surface area is 186 Å². The highest BCUT2D eigenvalue weighted by atomic mass is 32.1. The number of rotatable bonds is 8. The molecule has 0 saturated heterocycles. The Morgan fingerprint density at radius 3 is 2.41 bits per heavy atom. The summed E-state index contributed by atoms with van der Waals surface area (Å²) in [5.41, 5.74) is 1.10. The van der Waals surface area contributed by atoms with Crippen molar-refractivity contribution in [2.45, 2.75) is 20.8 Å². The van der Waals surface area contributed by atoms with Crippen LogP contribution in [0.4, 0.5) is 5.00 Å². The number of benzene rings is 1. The number of thiophene rings is 1. The van der Waals surface area contributed by atoms with E-state index in [9.17, 15) is 19.2 Å². The lowest BCUT2D eigenvalue weighted by atomic mass is 10.1. The molecule has 3 rings (SSSR count). The Hall–Kier alpha value is -3.73. The molecule has 2 aromatic heterocycles. The number of para-hydroxylation sites is 1. The molecule has 2 heterocycles. The molecular weight excluding hydrogens is 438 g/mol. The lowest BCUT2D eigenvalue weighted by Gasteiger charge is -2.07. The normalized spacial score (nSPS) is 10.6. The van der Waals surface area contributed by atoms with Gasteiger partial charge in [0.05, 0.1) is 24.3 Å². The fourth-order valence-corrected chi connectivity index (χ4v) is 4.03. The molecule has 1 aromatic carbocycles. The van der Waals surface area contributed by atoms with Crippen molar-refractivity contribution in [3.63, 3.8) is 0 Å². The van der Waals surface area contributed by atoms with Crippen molar-refractivity contribution < 1.29 is 33.4 Å². The number of carbonyl (C=O) groups is 4. The average molecular weight is 459 g/mol. The molecule has 168 valence electrons. The van der Waals surface area contributed by atoms with E-state index in [0.29, 0.717) is 16.5 Å². The largest absolute Gasteiger partial charge is 0.462 e. The Balaban J connectivity index is 1.74. The molecule has 0 aliphatic rings. The van der Waals surface area contributed by atoms with Gasteiger partial charge in [0, 0.05) is 5.39 Å². The summed E-state index contributed by atoms with van der Waals surface area (Å²) in [5.74, 6) is -2.77. The fourth-order valence-electron chi connectivity index (χ4n) is 2.92. The monoisotopic (exact) mass is 459 g/mol. The molecule has 11 heteroatoms. The predicted molar refractivity (Wildman–Crippen MR) is 116 cm³/mol. The standard InChI is InChI=1S/C21H21N3O7S/c1-4-29-19(26)15-11(3)17(21(28)30-5-2)32-18(15)22-14(25)10-31-20(27)16-12-8-6-7-9-13(12)23-24-16/h6-9H,4-5,10H2,1-3H3,(H,22,25)(H,23,24). The molecule has 0 saturated carbocycles. The maximum atomic E-state index is 12.4. The fraction of sp³-hybridized carbons (Fsp3) is 0.286. The number of nitrogens with one attached hydrogen (secondary N) is 2. The van der Waals surface area contributed by atoms with Crippen molar-refractivity contribution in [3.8, 4) is 0 Å². The first kappa shape index (κ1) is 22.9. The zero-order valence-corrected chi connectivity index (χ0v) is 18.5. The van der Waals surface area contributed by atoms with Crippen molar-refractivity contribution >= 4 is 51.1 Å². The average Bonchev–Trinajstić information content (AvgIpc) is 3.33. The van der Waals surface area contributed by atoms with Gasteiger partial charge in [0.1, 0.15) is 9.88 Å². The van der Waals surface area contributed by atoms with Gasteiger partial charge in [0.2, 0.25) is 0 Å². The van der Waals surface area contributed by atoms with E-state index in [1.807, 2.05) is 0 Å². The lowest BCUT2D eigenvalue weighted by Crippen LogP contribution is -2.22. The van der Waals surface area contributed by atoms with Crippen molar-refractivity contribution in [2.75, 3.05) is 25.1 Å². The van der Waals surface area contributed by atoms with E-state index in [1.165, 1.54) is 0 Å². The number of hydrogen-bond donors (Lipinski definition) is 2. The van der Waals surface area contributed by atoms with E-state index in [0.717, 1.165) is 11.3 Å². The highest BCUT2D eigenvalue weighted by molar-refractivity contribution is 7.18. The van der Waals surface area contributed by atoms with E-state index < -0.39 is 30.4 Å². The minimum atomic E-state index is -0.780. The number of hydrogen-bond acceptors (Lipinski definition) is 9. The van der Waals surface area contributed by atoms with Crippen LogP contribution in [-0.2, 0) is 19.0 Å². The number of fused-ring (bicyclic) bond motifs is 1. The molecule has 3 aromatic rings. The second-order valence-electron chi connectivity index (χ2n) is 6.44. The highest BCUT2D eigenvalue weighted by Gasteiger charge is 2.27. The number of H-pyrrole nitrogens is 1. The molecular formula is C21H21N3O7S. The van der Waals surface area contributed by atoms with Gasteiger partial charge < -0.3 is 19.5 Å². The van der Waals surface area contributed by atoms with Crippen LogP contribution >= 0.6 is 11.3 Å². The first-order chi connectivity index (χ1) is 15.4. The number of esters is 3. The molecule has 0 fully saturated rings. The van der Waals surface area contributed by atoms with Gasteiger partial charge >= 0.3 is 17.9 Å². The topological polar surface area (TPSA) is 137 Å². The van der Waals surface area contributed by atoms with E-state index in [1.54, 1.807) is 45.0 Å². The summed E-state index contributed by atoms with van der Waals surface area (Å²) in [6.45, 7) is 4.52. The van der Waals surface area contributed by atoms with Gasteiger partial charge in [-0.05, 0) is 32.4 Å². The minimum absolute atomic E-state index is 0.0529. The van der Waals surface area contributed by atoms with Crippen LogP contribution in [0.15, 0.2) is 24.3 Å². The quantitative estimate of drug-likeness (QED) is 0.387. The summed E-state index contributed by atoms with van der Waals surface area (Å²) in [4.78, 5) is 49.5. The number of ether oxygens (including phenoxy) is 3. The van der Waals surface area contributed by atoms with E-state index in [2.05, 4.69) is 15.5 Å². The Morgan fingerprint density at radius 2 is 1.69 bits per heavy atom. The van der Waals surface area contributed by atoms with E-state index in [-0.39, 0.29) is 34.3 Å². The van der Waals surface area contributed by atoms with Crippen LogP contribution in [0.1, 0.15) is 49.9 Å². The van der Waals surface area contributed by atoms with Crippen LogP contribution in [0.25, 0.3) is 10.9 Å². The van der Waals surface area contributed by atoms with E-state index in [4.69, 9.17) is 14.2 Å². The highest BCUT2D eigenvalue weighted by Crippen LogP contribution is 2.34. The van der Waals surface area contributed by atoms with Crippen molar-refractivity contribution in [1.82, 2.24) is 10.2 Å². The number of carbonyl (C=O) groups excluding carboxylic acids is 4. The Bertz CT molecular complexity index is 1180. The molecule has 0 bridgehead atoms. The number of anilines is 1. The van der Waals surface area contributed by atoms with Crippen LogP contribution in [-0.4, -0.2) is 53.8 Å². The van der Waals surface area contributed by atoms with Gasteiger partial charge in [-0.1, -0.05) is 18.2 Å². The maximum absolute atomic E-state index is 12.4. The Kier molecular flexibility index (Phi) is 7.21. The smallest absolute Gasteiger partial charge is 0.359 e. The molecule has 0 unspecified atom stereocenters. The molecule has 0 aliphatic heterocycles. The van der Waals surface area contributed by atoms with Gasteiger partial charge in [-0.25, -0.2) is 14.4 Å². The molecule has 0 radical (unpaired) electrons. The number of aromatic amines is 1. The minimum Gasteiger partial charge on any atom is -0.462 e. The molecule has 10 nitrogen and oxygen atoms in total. The van der Waals surface area contributed by atoms with Crippen molar-refractivity contribution in [1.29, 1.82) is 0 Å². The third-order valence-electron chi connectivity index (χ3n) is 4.34. The van der Waals surface area contributed by atoms with Crippen LogP contribution in [0.5, 0.6) is 0 Å². The summed E-state index contributed by atoms with van der Waals surface area (Å²) >= 11 is 0.885. The molecule has 0 atom stereocenters. The summed E-state index contributed by atoms with van der Waals surface area (Å²) in [6.07, 6.45) is 0. The Morgan fingerprint density at radius 1 is 1.00 bits per heavy atom. The third-order valence-corrected chi connectivity index (χ3v) is 5.53. The van der Waals surface area contributed by atoms with Crippen LogP contribution in [0.3, 0.4) is 0 Å². The lowest BCUT2D eigenvalue weighted by molar-refractivity contribution is -0.119.